The number of nitrogens with one attached hydrogen (secondary N) is 2. The summed E-state index contributed by atoms with van der Waals surface area (Å²) in [5.41, 5.74) is 4.41. The molecule has 1 aliphatic rings. The molecule has 164 valence electrons. The molecule has 0 radical (unpaired) electrons. The van der Waals surface area contributed by atoms with E-state index in [1.165, 1.54) is 12.1 Å². The van der Waals surface area contributed by atoms with Crippen molar-refractivity contribution < 1.29 is 14.0 Å². The van der Waals surface area contributed by atoms with Crippen LogP contribution in [0.4, 0.5) is 10.1 Å². The second-order valence-electron chi connectivity index (χ2n) is 7.90. The van der Waals surface area contributed by atoms with Crippen molar-refractivity contribution in [2.75, 3.05) is 5.32 Å². The molecule has 2 amide bonds. The Bertz CT molecular complexity index is 1320. The third kappa shape index (κ3) is 4.25. The third-order valence-corrected chi connectivity index (χ3v) is 5.68. The van der Waals surface area contributed by atoms with Crippen molar-refractivity contribution in [2.45, 2.75) is 18.9 Å². The van der Waals surface area contributed by atoms with Crippen LogP contribution in [0.3, 0.4) is 0 Å². The van der Waals surface area contributed by atoms with Gasteiger partial charge in [-0.25, -0.2) is 9.07 Å². The summed E-state index contributed by atoms with van der Waals surface area (Å²) in [4.78, 5) is 25.2. The lowest BCUT2D eigenvalue weighted by molar-refractivity contribution is -0.126. The molecule has 4 aromatic rings. The minimum Gasteiger partial charge on any atom is -0.351 e. The van der Waals surface area contributed by atoms with Crippen LogP contribution in [0.25, 0.3) is 16.9 Å². The maximum Gasteiger partial charge on any atom is 0.228 e. The van der Waals surface area contributed by atoms with Crippen molar-refractivity contribution >= 4 is 17.5 Å². The normalized spacial score (nSPS) is 14.9. The summed E-state index contributed by atoms with van der Waals surface area (Å²) in [5.74, 6) is -1.74. The highest BCUT2D eigenvalue weighted by molar-refractivity contribution is 6.01. The lowest BCUT2D eigenvalue weighted by Crippen LogP contribution is -2.34. The Balaban J connectivity index is 1.42. The molecule has 0 bridgehead atoms. The number of amides is 2. The molecule has 33 heavy (non-hydrogen) atoms. The van der Waals surface area contributed by atoms with Crippen LogP contribution in [0.2, 0.25) is 0 Å². The standard InChI is InChI=1S/C26H21FN4O2/c27-19-11-12-21-22(14-24(32)29-23(21)13-19)26(33)28-15-18-16-31(20-9-5-2-6-10-20)30-25(18)17-7-3-1-4-8-17/h1-13,16,22H,14-15H2,(H,28,33)(H,29,32)/t22-/m0/s1. The van der Waals surface area contributed by atoms with Crippen LogP contribution in [-0.4, -0.2) is 21.6 Å². The number of fused-ring (bicyclic) bond motifs is 1. The van der Waals surface area contributed by atoms with Crippen LogP contribution in [0.15, 0.2) is 85.1 Å². The van der Waals surface area contributed by atoms with E-state index in [1.54, 1.807) is 10.7 Å². The van der Waals surface area contributed by atoms with E-state index in [0.29, 0.717) is 11.3 Å². The number of halogens is 1. The molecule has 0 unspecified atom stereocenters. The van der Waals surface area contributed by atoms with Crippen LogP contribution in [0.1, 0.15) is 23.5 Å². The lowest BCUT2D eigenvalue weighted by Gasteiger charge is -2.24. The second kappa shape index (κ2) is 8.70. The van der Waals surface area contributed by atoms with Gasteiger partial charge in [0.25, 0.3) is 0 Å². The van der Waals surface area contributed by atoms with Crippen molar-refractivity contribution in [3.05, 3.63) is 102 Å². The van der Waals surface area contributed by atoms with Gasteiger partial charge in [-0.3, -0.25) is 9.59 Å². The Morgan fingerprint density at radius 1 is 1.06 bits per heavy atom. The zero-order valence-corrected chi connectivity index (χ0v) is 17.7. The van der Waals surface area contributed by atoms with Crippen LogP contribution < -0.4 is 10.6 Å². The largest absolute Gasteiger partial charge is 0.351 e. The molecule has 1 aromatic heterocycles. The number of hydrogen-bond acceptors (Lipinski definition) is 3. The number of para-hydroxylation sites is 1. The van der Waals surface area contributed by atoms with Gasteiger partial charge in [-0.1, -0.05) is 54.6 Å². The number of benzene rings is 3. The molecular formula is C26H21FN4O2. The Kier molecular flexibility index (Phi) is 5.44. The number of nitrogens with zero attached hydrogens (tertiary/aromatic N) is 2. The molecule has 0 saturated carbocycles. The molecule has 0 aliphatic carbocycles. The van der Waals surface area contributed by atoms with Gasteiger partial charge in [-0.15, -0.1) is 0 Å². The Morgan fingerprint density at radius 3 is 2.55 bits per heavy atom. The summed E-state index contributed by atoms with van der Waals surface area (Å²) in [5, 5.41) is 10.4. The minimum atomic E-state index is -0.682. The average molecular weight is 440 g/mol. The zero-order chi connectivity index (χ0) is 22.8. The van der Waals surface area contributed by atoms with Gasteiger partial charge in [-0.2, -0.15) is 5.10 Å². The van der Waals surface area contributed by atoms with E-state index >= 15 is 0 Å². The van der Waals surface area contributed by atoms with Gasteiger partial charge < -0.3 is 10.6 Å². The van der Waals surface area contributed by atoms with Crippen LogP contribution >= 0.6 is 0 Å². The number of anilines is 1. The van der Waals surface area contributed by atoms with E-state index < -0.39 is 11.7 Å². The topological polar surface area (TPSA) is 76.0 Å². The van der Waals surface area contributed by atoms with Crippen LogP contribution in [0.5, 0.6) is 0 Å². The van der Waals surface area contributed by atoms with Crippen molar-refractivity contribution in [1.82, 2.24) is 15.1 Å². The summed E-state index contributed by atoms with van der Waals surface area (Å²) >= 11 is 0. The van der Waals surface area contributed by atoms with Crippen LogP contribution in [-0.2, 0) is 16.1 Å². The van der Waals surface area contributed by atoms with Gasteiger partial charge in [0.15, 0.2) is 0 Å². The second-order valence-corrected chi connectivity index (χ2v) is 7.90. The molecule has 1 atom stereocenters. The first-order valence-corrected chi connectivity index (χ1v) is 10.6. The summed E-state index contributed by atoms with van der Waals surface area (Å²) in [6.07, 6.45) is 1.91. The minimum absolute atomic E-state index is 0.0132. The summed E-state index contributed by atoms with van der Waals surface area (Å²) < 4.78 is 15.4. The fourth-order valence-corrected chi connectivity index (χ4v) is 4.07. The molecule has 7 heteroatoms. The SMILES string of the molecule is O=C1C[C@H](C(=O)NCc2cn(-c3ccccc3)nc2-c2ccccc2)c2ccc(F)cc2N1. The molecule has 0 spiro atoms. The van der Waals surface area contributed by atoms with Crippen molar-refractivity contribution in [1.29, 1.82) is 0 Å². The molecule has 2 heterocycles. The predicted octanol–water partition coefficient (Wildman–Crippen LogP) is 4.42. The number of hydrogen-bond donors (Lipinski definition) is 2. The number of aromatic nitrogens is 2. The van der Waals surface area contributed by atoms with Crippen LogP contribution in [0, 0.1) is 5.82 Å². The maximum absolute atomic E-state index is 13.6. The first-order valence-electron chi connectivity index (χ1n) is 10.6. The molecule has 0 saturated heterocycles. The molecular weight excluding hydrogens is 419 g/mol. The van der Waals surface area contributed by atoms with Crippen molar-refractivity contribution in [3.63, 3.8) is 0 Å². The van der Waals surface area contributed by atoms with E-state index in [1.807, 2.05) is 66.9 Å². The predicted molar refractivity (Wildman–Crippen MR) is 123 cm³/mol. The first-order chi connectivity index (χ1) is 16.1. The third-order valence-electron chi connectivity index (χ3n) is 5.68. The quantitative estimate of drug-likeness (QED) is 0.482. The maximum atomic E-state index is 13.6. The van der Waals surface area contributed by atoms with E-state index in [0.717, 1.165) is 22.5 Å². The van der Waals surface area contributed by atoms with Crippen molar-refractivity contribution in [2.24, 2.45) is 0 Å². The van der Waals surface area contributed by atoms with Gasteiger partial charge in [0.1, 0.15) is 5.82 Å². The van der Waals surface area contributed by atoms with E-state index in [2.05, 4.69) is 10.6 Å². The van der Waals surface area contributed by atoms with Gasteiger partial charge in [-0.05, 0) is 29.8 Å². The molecule has 2 N–H and O–H groups in total. The molecule has 6 nitrogen and oxygen atoms in total. The molecule has 3 aromatic carbocycles. The summed E-state index contributed by atoms with van der Waals surface area (Å²) in [6.45, 7) is 0.241. The highest BCUT2D eigenvalue weighted by atomic mass is 19.1. The first kappa shape index (κ1) is 20.6. The average Bonchev–Trinajstić information content (AvgIpc) is 3.27. The van der Waals surface area contributed by atoms with Gasteiger partial charge >= 0.3 is 0 Å². The van der Waals surface area contributed by atoms with Gasteiger partial charge in [0, 0.05) is 36.0 Å². The molecule has 5 rings (SSSR count). The Hall–Kier alpha value is -4.26. The highest BCUT2D eigenvalue weighted by Crippen LogP contribution is 2.33. The Labute approximate surface area is 190 Å². The van der Waals surface area contributed by atoms with Crippen molar-refractivity contribution in [3.8, 4) is 16.9 Å². The van der Waals surface area contributed by atoms with Gasteiger partial charge in [0.2, 0.25) is 11.8 Å². The summed E-state index contributed by atoms with van der Waals surface area (Å²) in [7, 11) is 0. The molecule has 0 fully saturated rings. The fraction of sp³-hybridized carbons (Fsp3) is 0.115. The molecule has 1 aliphatic heterocycles. The number of rotatable bonds is 5. The smallest absolute Gasteiger partial charge is 0.228 e. The lowest BCUT2D eigenvalue weighted by atomic mass is 9.89. The fourth-order valence-electron chi connectivity index (χ4n) is 4.07. The number of carbonyl (C=O) groups is 2. The number of carbonyl (C=O) groups excluding carboxylic acids is 2. The van der Waals surface area contributed by atoms with E-state index in [-0.39, 0.29) is 24.8 Å². The van der Waals surface area contributed by atoms with Gasteiger partial charge in [0.05, 0.1) is 17.3 Å². The monoisotopic (exact) mass is 440 g/mol. The van der Waals surface area contributed by atoms with E-state index in [4.69, 9.17) is 5.10 Å². The van der Waals surface area contributed by atoms with E-state index in [9.17, 15) is 14.0 Å². The summed E-state index contributed by atoms with van der Waals surface area (Å²) in [6, 6.07) is 23.6. The zero-order valence-electron chi connectivity index (χ0n) is 17.7. The Morgan fingerprint density at radius 2 is 1.79 bits per heavy atom. The highest BCUT2D eigenvalue weighted by Gasteiger charge is 2.31.